The largest absolute Gasteiger partial charge is 0.323 e. The minimum absolute atomic E-state index is 0.00426. The average Bonchev–Trinajstić information content (AvgIpc) is 3.02. The second-order valence-corrected chi connectivity index (χ2v) is 9.98. The van der Waals surface area contributed by atoms with Crippen LogP contribution in [0.4, 0.5) is 5.69 Å². The lowest BCUT2D eigenvalue weighted by atomic mass is 10.0. The molecule has 0 radical (unpaired) electrons. The van der Waals surface area contributed by atoms with Crippen LogP contribution in [0.5, 0.6) is 0 Å². The van der Waals surface area contributed by atoms with Gasteiger partial charge in [0.05, 0.1) is 27.7 Å². The van der Waals surface area contributed by atoms with E-state index in [1.165, 1.54) is 0 Å². The monoisotopic (exact) mass is 454 g/mol. The number of nitrogens with one attached hydrogen (secondary N) is 2. The second kappa shape index (κ2) is 9.67. The number of anilines is 1. The molecule has 0 saturated carbocycles. The molecule has 7 nitrogen and oxygen atoms in total. The predicted octanol–water partition coefficient (Wildman–Crippen LogP) is 4.23. The van der Waals surface area contributed by atoms with Crippen molar-refractivity contribution in [2.24, 2.45) is 0 Å². The Morgan fingerprint density at radius 3 is 2.22 bits per heavy atom. The summed E-state index contributed by atoms with van der Waals surface area (Å²) < 4.78 is 29.3. The lowest BCUT2D eigenvalue weighted by molar-refractivity contribution is -0.116. The fourth-order valence-electron chi connectivity index (χ4n) is 3.38. The van der Waals surface area contributed by atoms with Gasteiger partial charge in [-0.3, -0.25) is 4.79 Å². The van der Waals surface area contributed by atoms with Crippen LogP contribution in [0.2, 0.25) is 0 Å². The summed E-state index contributed by atoms with van der Waals surface area (Å²) in [7, 11) is -3.67. The van der Waals surface area contributed by atoms with Crippen molar-refractivity contribution in [2.45, 2.75) is 51.9 Å². The molecule has 170 valence electrons. The Morgan fingerprint density at radius 2 is 1.62 bits per heavy atom. The van der Waals surface area contributed by atoms with Gasteiger partial charge in [-0.05, 0) is 56.5 Å². The maximum atomic E-state index is 12.5. The van der Waals surface area contributed by atoms with Crippen molar-refractivity contribution in [3.63, 3.8) is 0 Å². The van der Waals surface area contributed by atoms with Gasteiger partial charge in [-0.1, -0.05) is 43.7 Å². The van der Waals surface area contributed by atoms with Crippen molar-refractivity contribution in [1.82, 2.24) is 14.5 Å². The predicted molar refractivity (Wildman–Crippen MR) is 127 cm³/mol. The highest BCUT2D eigenvalue weighted by atomic mass is 32.2. The average molecular weight is 455 g/mol. The molecule has 2 N–H and O–H groups in total. The fourth-order valence-corrected chi connectivity index (χ4v) is 4.41. The van der Waals surface area contributed by atoms with E-state index in [0.29, 0.717) is 17.3 Å². The zero-order chi connectivity index (χ0) is 23.5. The third-order valence-corrected chi connectivity index (χ3v) is 6.81. The first-order valence-corrected chi connectivity index (χ1v) is 12.1. The van der Waals surface area contributed by atoms with Crippen LogP contribution in [-0.2, 0) is 14.8 Å². The van der Waals surface area contributed by atoms with Gasteiger partial charge in [-0.25, -0.2) is 17.8 Å². The summed E-state index contributed by atoms with van der Waals surface area (Å²) in [5.74, 6) is 0.0446. The highest BCUT2D eigenvalue weighted by Crippen LogP contribution is 2.23. The van der Waals surface area contributed by atoms with Gasteiger partial charge in [0.25, 0.3) is 0 Å². The topological polar surface area (TPSA) is 93.1 Å². The second-order valence-electron chi connectivity index (χ2n) is 8.21. The van der Waals surface area contributed by atoms with Gasteiger partial charge >= 0.3 is 0 Å². The van der Waals surface area contributed by atoms with Crippen LogP contribution in [-0.4, -0.2) is 30.7 Å². The van der Waals surface area contributed by atoms with Gasteiger partial charge < -0.3 is 5.32 Å². The maximum absolute atomic E-state index is 12.5. The van der Waals surface area contributed by atoms with Crippen LogP contribution in [0, 0.1) is 20.8 Å². The van der Waals surface area contributed by atoms with Crippen LogP contribution >= 0.6 is 0 Å². The van der Waals surface area contributed by atoms with Crippen molar-refractivity contribution in [1.29, 1.82) is 0 Å². The van der Waals surface area contributed by atoms with Crippen molar-refractivity contribution < 1.29 is 13.2 Å². The van der Waals surface area contributed by atoms with E-state index in [1.54, 1.807) is 16.8 Å². The van der Waals surface area contributed by atoms with Gasteiger partial charge in [0.2, 0.25) is 15.9 Å². The summed E-state index contributed by atoms with van der Waals surface area (Å²) in [6.07, 6.45) is 0.0118. The van der Waals surface area contributed by atoms with Gasteiger partial charge in [0.15, 0.2) is 0 Å². The van der Waals surface area contributed by atoms with E-state index in [0.717, 1.165) is 22.5 Å². The highest BCUT2D eigenvalue weighted by molar-refractivity contribution is 7.89. The van der Waals surface area contributed by atoms with E-state index in [9.17, 15) is 13.2 Å². The standard InChI is InChI=1S/C24H30N4O3S/c1-16(2)20-8-12-22(13-9-20)32(30,31)25-15-14-23(29)26-24-18(4)27-28(19(24)5)21-10-6-17(3)7-11-21/h6-13,16,25H,14-15H2,1-5H3,(H,26,29). The van der Waals surface area contributed by atoms with Crippen molar-refractivity contribution in [2.75, 3.05) is 11.9 Å². The molecule has 1 amide bonds. The lowest BCUT2D eigenvalue weighted by Crippen LogP contribution is -2.28. The minimum Gasteiger partial charge on any atom is -0.323 e. The van der Waals surface area contributed by atoms with E-state index < -0.39 is 10.0 Å². The Labute approximate surface area is 189 Å². The molecular formula is C24H30N4O3S. The molecule has 0 aliphatic heterocycles. The third kappa shape index (κ3) is 5.44. The number of carbonyl (C=O) groups excluding carboxylic acids is 1. The SMILES string of the molecule is Cc1ccc(-n2nc(C)c(NC(=O)CCNS(=O)(=O)c3ccc(C(C)C)cc3)c2C)cc1. The first kappa shape index (κ1) is 23.7. The molecule has 0 fully saturated rings. The summed E-state index contributed by atoms with van der Waals surface area (Å²) in [4.78, 5) is 12.7. The van der Waals surface area contributed by atoms with Crippen LogP contribution in [0.3, 0.4) is 0 Å². The van der Waals surface area contributed by atoms with E-state index >= 15 is 0 Å². The summed E-state index contributed by atoms with van der Waals surface area (Å²) in [5, 5.41) is 7.40. The van der Waals surface area contributed by atoms with E-state index in [1.807, 2.05) is 71.0 Å². The van der Waals surface area contributed by atoms with E-state index in [-0.39, 0.29) is 23.8 Å². The fraction of sp³-hybridized carbons (Fsp3) is 0.333. The zero-order valence-electron chi connectivity index (χ0n) is 19.1. The first-order chi connectivity index (χ1) is 15.1. The summed E-state index contributed by atoms with van der Waals surface area (Å²) in [5.41, 5.74) is 5.28. The number of carbonyl (C=O) groups is 1. The van der Waals surface area contributed by atoms with Gasteiger partial charge in [-0.15, -0.1) is 0 Å². The summed E-state index contributed by atoms with van der Waals surface area (Å²) in [6.45, 7) is 9.84. The summed E-state index contributed by atoms with van der Waals surface area (Å²) >= 11 is 0. The summed E-state index contributed by atoms with van der Waals surface area (Å²) in [6, 6.07) is 14.8. The Bertz CT molecular complexity index is 1200. The molecule has 3 rings (SSSR count). The zero-order valence-corrected chi connectivity index (χ0v) is 20.0. The molecule has 1 aromatic heterocycles. The molecule has 0 aliphatic carbocycles. The Kier molecular flexibility index (Phi) is 7.16. The molecule has 0 saturated heterocycles. The van der Waals surface area contributed by atoms with E-state index in [2.05, 4.69) is 15.1 Å². The molecule has 2 aromatic carbocycles. The number of aryl methyl sites for hydroxylation is 2. The van der Waals surface area contributed by atoms with E-state index in [4.69, 9.17) is 0 Å². The quantitative estimate of drug-likeness (QED) is 0.533. The number of aromatic nitrogens is 2. The number of hydrogen-bond donors (Lipinski definition) is 2. The molecule has 32 heavy (non-hydrogen) atoms. The van der Waals surface area contributed by atoms with Crippen molar-refractivity contribution in [3.8, 4) is 5.69 Å². The molecule has 1 heterocycles. The van der Waals surface area contributed by atoms with Crippen molar-refractivity contribution in [3.05, 3.63) is 71.0 Å². The van der Waals surface area contributed by atoms with Crippen LogP contribution in [0.1, 0.15) is 48.7 Å². The molecule has 0 bridgehead atoms. The smallest absolute Gasteiger partial charge is 0.240 e. The number of nitrogens with zero attached hydrogens (tertiary/aromatic N) is 2. The Morgan fingerprint density at radius 1 is 1.00 bits per heavy atom. The molecule has 3 aromatic rings. The normalized spacial score (nSPS) is 11.7. The highest BCUT2D eigenvalue weighted by Gasteiger charge is 2.17. The van der Waals surface area contributed by atoms with Crippen molar-refractivity contribution >= 4 is 21.6 Å². The number of sulfonamides is 1. The number of hydrogen-bond acceptors (Lipinski definition) is 4. The molecule has 0 spiro atoms. The molecular weight excluding hydrogens is 424 g/mol. The lowest BCUT2D eigenvalue weighted by Gasteiger charge is -2.10. The number of benzene rings is 2. The molecule has 0 atom stereocenters. The van der Waals surface area contributed by atoms with Gasteiger partial charge in [0.1, 0.15) is 0 Å². The Balaban J connectivity index is 1.61. The van der Waals surface area contributed by atoms with Crippen LogP contribution < -0.4 is 10.0 Å². The van der Waals surface area contributed by atoms with Crippen LogP contribution in [0.25, 0.3) is 5.69 Å². The molecule has 8 heteroatoms. The number of rotatable bonds is 8. The third-order valence-electron chi connectivity index (χ3n) is 5.34. The molecule has 0 unspecified atom stereocenters. The maximum Gasteiger partial charge on any atom is 0.240 e. The number of amides is 1. The van der Waals surface area contributed by atoms with Crippen LogP contribution in [0.15, 0.2) is 53.4 Å². The molecule has 0 aliphatic rings. The van der Waals surface area contributed by atoms with Gasteiger partial charge in [0, 0.05) is 13.0 Å². The first-order valence-electron chi connectivity index (χ1n) is 10.6. The van der Waals surface area contributed by atoms with Gasteiger partial charge in [-0.2, -0.15) is 5.10 Å². The minimum atomic E-state index is -3.67. The Hall–Kier alpha value is -2.97.